The fourth-order valence-electron chi connectivity index (χ4n) is 0.674. The molecule has 0 bridgehead atoms. The summed E-state index contributed by atoms with van der Waals surface area (Å²) in [7, 11) is 0. The Morgan fingerprint density at radius 3 is 3.00 bits per heavy atom. The van der Waals surface area contributed by atoms with Crippen LogP contribution < -0.4 is 4.74 Å². The van der Waals surface area contributed by atoms with Crippen molar-refractivity contribution in [2.24, 2.45) is 0 Å². The maximum Gasteiger partial charge on any atom is 0.305 e. The molecule has 4 heteroatoms. The van der Waals surface area contributed by atoms with Crippen molar-refractivity contribution < 1.29 is 14.3 Å². The van der Waals surface area contributed by atoms with Gasteiger partial charge in [0, 0.05) is 0 Å². The van der Waals surface area contributed by atoms with E-state index < -0.39 is 6.10 Å². The zero-order valence-electron chi connectivity index (χ0n) is 6.57. The molecule has 11 heavy (non-hydrogen) atoms. The van der Waals surface area contributed by atoms with Crippen LogP contribution >= 0.6 is 0 Å². The van der Waals surface area contributed by atoms with Gasteiger partial charge in [-0.3, -0.25) is 0 Å². The van der Waals surface area contributed by atoms with Gasteiger partial charge in [0.1, 0.15) is 12.3 Å². The van der Waals surface area contributed by atoms with E-state index in [4.69, 9.17) is 14.3 Å². The lowest BCUT2D eigenvalue weighted by Gasteiger charge is -1.96. The van der Waals surface area contributed by atoms with Crippen LogP contribution in [0.1, 0.15) is 25.8 Å². The van der Waals surface area contributed by atoms with Crippen molar-refractivity contribution in [2.45, 2.75) is 20.0 Å². The Kier molecular flexibility index (Phi) is 2.48. The molecule has 1 N–H and O–H groups in total. The summed E-state index contributed by atoms with van der Waals surface area (Å²) in [5.74, 6) is 0.636. The van der Waals surface area contributed by atoms with Crippen LogP contribution in [-0.2, 0) is 0 Å². The summed E-state index contributed by atoms with van der Waals surface area (Å²) in [5, 5.41) is 8.99. The molecule has 0 fully saturated rings. The predicted molar refractivity (Wildman–Crippen MR) is 38.3 cm³/mol. The monoisotopic (exact) mass is 157 g/mol. The lowest BCUT2D eigenvalue weighted by molar-refractivity contribution is 0.149. The van der Waals surface area contributed by atoms with Gasteiger partial charge in [-0.2, -0.15) is 0 Å². The van der Waals surface area contributed by atoms with Crippen LogP contribution in [0.4, 0.5) is 0 Å². The summed E-state index contributed by atoms with van der Waals surface area (Å²) >= 11 is 0. The first-order valence-corrected chi connectivity index (χ1v) is 3.50. The molecule has 0 saturated carbocycles. The maximum absolute atomic E-state index is 8.99. The highest BCUT2D eigenvalue weighted by atomic mass is 16.6. The SMILES string of the molecule is CCOc1cnc(C(C)O)o1. The lowest BCUT2D eigenvalue weighted by atomic mass is 10.4. The molecule has 62 valence electrons. The molecule has 0 radical (unpaired) electrons. The molecule has 1 unspecified atom stereocenters. The van der Waals surface area contributed by atoms with Crippen LogP contribution in [0.25, 0.3) is 0 Å². The van der Waals surface area contributed by atoms with Gasteiger partial charge in [0.25, 0.3) is 0 Å². The maximum atomic E-state index is 8.99. The third kappa shape index (κ3) is 1.94. The predicted octanol–water partition coefficient (Wildman–Crippen LogP) is 1.13. The molecule has 1 heterocycles. The van der Waals surface area contributed by atoms with E-state index in [-0.39, 0.29) is 5.89 Å². The van der Waals surface area contributed by atoms with E-state index in [0.29, 0.717) is 12.6 Å². The van der Waals surface area contributed by atoms with E-state index in [1.165, 1.54) is 6.20 Å². The van der Waals surface area contributed by atoms with E-state index in [0.717, 1.165) is 0 Å². The number of hydrogen-bond donors (Lipinski definition) is 1. The number of aromatic nitrogens is 1. The van der Waals surface area contributed by atoms with E-state index >= 15 is 0 Å². The van der Waals surface area contributed by atoms with Gasteiger partial charge in [0.2, 0.25) is 5.89 Å². The Morgan fingerprint density at radius 2 is 2.55 bits per heavy atom. The van der Waals surface area contributed by atoms with Crippen molar-refractivity contribution in [3.63, 3.8) is 0 Å². The Hall–Kier alpha value is -1.03. The summed E-state index contributed by atoms with van der Waals surface area (Å²) in [6.07, 6.45) is 0.773. The Labute approximate surface area is 64.8 Å². The first-order valence-electron chi connectivity index (χ1n) is 3.50. The molecule has 0 amide bonds. The summed E-state index contributed by atoms with van der Waals surface area (Å²) in [6, 6.07) is 0. The normalized spacial score (nSPS) is 13.0. The number of hydrogen-bond acceptors (Lipinski definition) is 4. The molecule has 0 spiro atoms. The number of ether oxygens (including phenoxy) is 1. The standard InChI is InChI=1S/C7H11NO3/c1-3-10-6-4-8-7(11-6)5(2)9/h4-5,9H,3H2,1-2H3. The van der Waals surface area contributed by atoms with Gasteiger partial charge < -0.3 is 14.3 Å². The molecule has 0 aliphatic heterocycles. The van der Waals surface area contributed by atoms with E-state index in [1.807, 2.05) is 6.92 Å². The molecule has 4 nitrogen and oxygen atoms in total. The number of aliphatic hydroxyl groups excluding tert-OH is 1. The van der Waals surface area contributed by atoms with Crippen LogP contribution in [0.5, 0.6) is 5.95 Å². The topological polar surface area (TPSA) is 55.5 Å². The van der Waals surface area contributed by atoms with Crippen molar-refractivity contribution in [3.05, 3.63) is 12.1 Å². The van der Waals surface area contributed by atoms with Crippen LogP contribution in [-0.4, -0.2) is 16.7 Å². The van der Waals surface area contributed by atoms with Crippen molar-refractivity contribution >= 4 is 0 Å². The highest BCUT2D eigenvalue weighted by Gasteiger charge is 2.08. The minimum Gasteiger partial charge on any atom is -0.464 e. The number of aliphatic hydroxyl groups is 1. The van der Waals surface area contributed by atoms with Crippen molar-refractivity contribution in [1.82, 2.24) is 4.98 Å². The highest BCUT2D eigenvalue weighted by Crippen LogP contribution is 2.17. The molecule has 1 atom stereocenters. The molecule has 1 aromatic rings. The molecule has 0 aromatic carbocycles. The molecular weight excluding hydrogens is 146 g/mol. The van der Waals surface area contributed by atoms with Gasteiger partial charge in [0.05, 0.1) is 6.61 Å². The van der Waals surface area contributed by atoms with Gasteiger partial charge in [-0.15, -0.1) is 0 Å². The van der Waals surface area contributed by atoms with Gasteiger partial charge in [-0.25, -0.2) is 4.98 Å². The molecule has 1 rings (SSSR count). The first-order chi connectivity index (χ1) is 5.24. The quantitative estimate of drug-likeness (QED) is 0.714. The van der Waals surface area contributed by atoms with Crippen LogP contribution in [0, 0.1) is 0 Å². The van der Waals surface area contributed by atoms with Crippen LogP contribution in [0.2, 0.25) is 0 Å². The van der Waals surface area contributed by atoms with Gasteiger partial charge >= 0.3 is 5.95 Å². The summed E-state index contributed by atoms with van der Waals surface area (Å²) < 4.78 is 10.00. The number of rotatable bonds is 3. The second-order valence-electron chi connectivity index (χ2n) is 2.13. The summed E-state index contributed by atoms with van der Waals surface area (Å²) in [4.78, 5) is 3.79. The number of oxazole rings is 1. The highest BCUT2D eigenvalue weighted by molar-refractivity contribution is 5.00. The minimum absolute atomic E-state index is 0.286. The first kappa shape index (κ1) is 8.07. The second kappa shape index (κ2) is 3.39. The van der Waals surface area contributed by atoms with Crippen molar-refractivity contribution in [3.8, 4) is 5.95 Å². The zero-order valence-corrected chi connectivity index (χ0v) is 6.57. The third-order valence-electron chi connectivity index (χ3n) is 1.15. The average molecular weight is 157 g/mol. The fourth-order valence-corrected chi connectivity index (χ4v) is 0.674. The molecule has 0 saturated heterocycles. The lowest BCUT2D eigenvalue weighted by Crippen LogP contribution is -1.90. The van der Waals surface area contributed by atoms with Crippen LogP contribution in [0.15, 0.2) is 10.6 Å². The Morgan fingerprint density at radius 1 is 1.82 bits per heavy atom. The summed E-state index contributed by atoms with van der Waals surface area (Å²) in [5.41, 5.74) is 0. The Bertz CT molecular complexity index is 219. The average Bonchev–Trinajstić information content (AvgIpc) is 2.37. The molecule has 1 aromatic heterocycles. The van der Waals surface area contributed by atoms with E-state index in [2.05, 4.69) is 4.98 Å². The van der Waals surface area contributed by atoms with Crippen molar-refractivity contribution in [1.29, 1.82) is 0 Å². The smallest absolute Gasteiger partial charge is 0.305 e. The molecule has 0 aliphatic rings. The van der Waals surface area contributed by atoms with E-state index in [9.17, 15) is 0 Å². The van der Waals surface area contributed by atoms with E-state index in [1.54, 1.807) is 6.92 Å². The molecule has 0 aliphatic carbocycles. The minimum atomic E-state index is -0.677. The largest absolute Gasteiger partial charge is 0.464 e. The van der Waals surface area contributed by atoms with Crippen LogP contribution in [0.3, 0.4) is 0 Å². The summed E-state index contributed by atoms with van der Waals surface area (Å²) in [6.45, 7) is 3.97. The van der Waals surface area contributed by atoms with Gasteiger partial charge in [-0.05, 0) is 13.8 Å². The molecular formula is C7H11NO3. The second-order valence-corrected chi connectivity index (χ2v) is 2.13. The van der Waals surface area contributed by atoms with Gasteiger partial charge in [-0.1, -0.05) is 0 Å². The third-order valence-corrected chi connectivity index (χ3v) is 1.15. The van der Waals surface area contributed by atoms with Gasteiger partial charge in [0.15, 0.2) is 0 Å². The Balaban J connectivity index is 2.66. The van der Waals surface area contributed by atoms with Crippen molar-refractivity contribution in [2.75, 3.05) is 6.61 Å². The fraction of sp³-hybridized carbons (Fsp3) is 0.571. The number of nitrogens with zero attached hydrogens (tertiary/aromatic N) is 1. The zero-order chi connectivity index (χ0) is 8.27.